The smallest absolute Gasteiger partial charge is 0.346 e. The van der Waals surface area contributed by atoms with Gasteiger partial charge in [0.25, 0.3) is 0 Å². The van der Waals surface area contributed by atoms with Crippen LogP contribution in [0.5, 0.6) is 5.75 Å². The molecule has 28 heavy (non-hydrogen) atoms. The third-order valence-electron chi connectivity index (χ3n) is 5.61. The van der Waals surface area contributed by atoms with Crippen LogP contribution in [0.1, 0.15) is 54.5 Å². The van der Waals surface area contributed by atoms with Crippen molar-refractivity contribution in [3.05, 3.63) is 75.1 Å². The molecule has 0 radical (unpaired) electrons. The van der Waals surface area contributed by atoms with Gasteiger partial charge in [-0.05, 0) is 41.8 Å². The minimum atomic E-state index is -0.842. The van der Waals surface area contributed by atoms with Crippen LogP contribution in [-0.2, 0) is 11.2 Å². The number of hydrogen-bond donors (Lipinski definition) is 0. The van der Waals surface area contributed by atoms with Crippen LogP contribution in [0.2, 0.25) is 0 Å². The normalized spacial score (nSPS) is 22.1. The molecule has 2 bridgehead atoms. The van der Waals surface area contributed by atoms with Crippen molar-refractivity contribution in [3.63, 3.8) is 0 Å². The van der Waals surface area contributed by atoms with Crippen molar-refractivity contribution in [1.29, 1.82) is 5.26 Å². The van der Waals surface area contributed by atoms with E-state index in [9.17, 15) is 10.1 Å². The molecule has 0 fully saturated rings. The Bertz CT molecular complexity index is 1190. The van der Waals surface area contributed by atoms with Gasteiger partial charge in [0.15, 0.2) is 0 Å². The summed E-state index contributed by atoms with van der Waals surface area (Å²) in [5.74, 6) is -0.278. The predicted octanol–water partition coefficient (Wildman–Crippen LogP) is 4.61. The lowest BCUT2D eigenvalue weighted by molar-refractivity contribution is -0.232. The summed E-state index contributed by atoms with van der Waals surface area (Å²) in [6.07, 6.45) is 2.65. The summed E-state index contributed by atoms with van der Waals surface area (Å²) in [5.41, 5.74) is 2.95. The van der Waals surface area contributed by atoms with Crippen molar-refractivity contribution < 1.29 is 13.9 Å². The molecule has 0 saturated carbocycles. The van der Waals surface area contributed by atoms with Gasteiger partial charge in [-0.15, -0.1) is 0 Å². The second-order valence-corrected chi connectivity index (χ2v) is 7.44. The maximum Gasteiger partial charge on any atom is 0.346 e. The van der Waals surface area contributed by atoms with Crippen molar-refractivity contribution >= 4 is 11.0 Å². The standard InChI is InChI=1S/C23H19NO4/c1-2-3-10-23-12-15-11-14(13-24)8-9-16(15)20(27-23)19-21(28-23)17-6-4-5-7-18(17)26-22(19)25/h4-9,11,20H,2-3,10,12H2,1H3/t20-,23-/m0/s1. The molecular formula is C23H19NO4. The van der Waals surface area contributed by atoms with Gasteiger partial charge in [0.1, 0.15) is 23.0 Å². The quantitative estimate of drug-likeness (QED) is 0.627. The minimum Gasteiger partial charge on any atom is -0.461 e. The minimum absolute atomic E-state index is 0.400. The Morgan fingerprint density at radius 1 is 1.25 bits per heavy atom. The topological polar surface area (TPSA) is 72.5 Å². The molecule has 3 heterocycles. The summed E-state index contributed by atoms with van der Waals surface area (Å²) in [4.78, 5) is 12.9. The second-order valence-electron chi connectivity index (χ2n) is 7.44. The lowest BCUT2D eigenvalue weighted by atomic mass is 9.84. The number of unbranched alkanes of at least 4 members (excludes halogenated alkanes) is 1. The molecule has 0 N–H and O–H groups in total. The molecule has 0 spiro atoms. The van der Waals surface area contributed by atoms with E-state index in [1.165, 1.54) is 0 Å². The van der Waals surface area contributed by atoms with E-state index in [0.29, 0.717) is 35.3 Å². The van der Waals surface area contributed by atoms with Gasteiger partial charge in [-0.3, -0.25) is 0 Å². The Kier molecular flexibility index (Phi) is 3.78. The molecule has 0 unspecified atom stereocenters. The second kappa shape index (κ2) is 6.22. The number of nitrogens with zero attached hydrogens (tertiary/aromatic N) is 1. The molecule has 5 heteroatoms. The monoisotopic (exact) mass is 373 g/mol. The van der Waals surface area contributed by atoms with Gasteiger partial charge in [0.05, 0.1) is 17.0 Å². The van der Waals surface area contributed by atoms with Gasteiger partial charge >= 0.3 is 5.63 Å². The molecule has 2 aliphatic rings. The van der Waals surface area contributed by atoms with Crippen LogP contribution in [0.4, 0.5) is 0 Å². The van der Waals surface area contributed by atoms with Gasteiger partial charge in [0, 0.05) is 12.8 Å². The summed E-state index contributed by atoms with van der Waals surface area (Å²) in [5, 5.41) is 10.1. The lowest BCUT2D eigenvalue weighted by Gasteiger charge is -2.46. The van der Waals surface area contributed by atoms with E-state index in [1.807, 2.05) is 30.3 Å². The van der Waals surface area contributed by atoms with Gasteiger partial charge in [-0.25, -0.2) is 4.79 Å². The molecule has 5 nitrogen and oxygen atoms in total. The summed E-state index contributed by atoms with van der Waals surface area (Å²) in [7, 11) is 0. The average Bonchev–Trinajstić information content (AvgIpc) is 2.71. The number of rotatable bonds is 3. The zero-order chi connectivity index (χ0) is 19.3. The van der Waals surface area contributed by atoms with Crippen LogP contribution in [0.15, 0.2) is 51.7 Å². The highest BCUT2D eigenvalue weighted by atomic mass is 16.7. The maximum atomic E-state index is 12.9. The van der Waals surface area contributed by atoms with E-state index in [4.69, 9.17) is 13.9 Å². The number of para-hydroxylation sites is 1. The summed E-state index contributed by atoms with van der Waals surface area (Å²) >= 11 is 0. The van der Waals surface area contributed by atoms with Gasteiger partial charge in [-0.2, -0.15) is 5.26 Å². The molecule has 0 saturated heterocycles. The first kappa shape index (κ1) is 17.0. The summed E-state index contributed by atoms with van der Waals surface area (Å²) < 4.78 is 18.4. The molecule has 140 valence electrons. The molecule has 5 rings (SSSR count). The number of ether oxygens (including phenoxy) is 2. The lowest BCUT2D eigenvalue weighted by Crippen LogP contribution is -2.50. The molecule has 1 aromatic heterocycles. The van der Waals surface area contributed by atoms with Crippen LogP contribution in [0.3, 0.4) is 0 Å². The van der Waals surface area contributed by atoms with Crippen molar-refractivity contribution in [1.82, 2.24) is 0 Å². The molecule has 0 aliphatic carbocycles. The molecule has 2 aliphatic heterocycles. The van der Waals surface area contributed by atoms with E-state index in [0.717, 1.165) is 29.4 Å². The van der Waals surface area contributed by atoms with Crippen LogP contribution in [0.25, 0.3) is 11.0 Å². The number of nitriles is 1. The van der Waals surface area contributed by atoms with E-state index < -0.39 is 17.5 Å². The maximum absolute atomic E-state index is 12.9. The van der Waals surface area contributed by atoms with E-state index in [1.54, 1.807) is 12.1 Å². The van der Waals surface area contributed by atoms with E-state index in [-0.39, 0.29) is 0 Å². The van der Waals surface area contributed by atoms with Crippen LogP contribution < -0.4 is 10.4 Å². The summed E-state index contributed by atoms with van der Waals surface area (Å²) in [6, 6.07) is 15.1. The molecule has 3 aromatic rings. The van der Waals surface area contributed by atoms with Crippen molar-refractivity contribution in [3.8, 4) is 11.8 Å². The Morgan fingerprint density at radius 3 is 2.93 bits per heavy atom. The van der Waals surface area contributed by atoms with Crippen LogP contribution >= 0.6 is 0 Å². The molecular weight excluding hydrogens is 354 g/mol. The van der Waals surface area contributed by atoms with E-state index >= 15 is 0 Å². The van der Waals surface area contributed by atoms with Crippen LogP contribution in [0, 0.1) is 11.3 Å². The summed E-state index contributed by atoms with van der Waals surface area (Å²) in [6.45, 7) is 2.12. The molecule has 2 aromatic carbocycles. The Morgan fingerprint density at radius 2 is 2.11 bits per heavy atom. The number of benzene rings is 2. The Hall–Kier alpha value is -3.10. The van der Waals surface area contributed by atoms with Gasteiger partial charge < -0.3 is 13.9 Å². The zero-order valence-electron chi connectivity index (χ0n) is 15.5. The van der Waals surface area contributed by atoms with E-state index in [2.05, 4.69) is 13.0 Å². The fourth-order valence-corrected chi connectivity index (χ4v) is 4.27. The van der Waals surface area contributed by atoms with Crippen molar-refractivity contribution in [2.75, 3.05) is 0 Å². The fraction of sp³-hybridized carbons (Fsp3) is 0.304. The predicted molar refractivity (Wildman–Crippen MR) is 103 cm³/mol. The highest BCUT2D eigenvalue weighted by Gasteiger charge is 2.49. The zero-order valence-corrected chi connectivity index (χ0v) is 15.5. The SMILES string of the molecule is CCCC[C@]12Cc3cc(C#N)ccc3[C@H](O1)c1c(c3ccccc3oc1=O)O2. The van der Waals surface area contributed by atoms with Gasteiger partial charge in [-0.1, -0.05) is 31.5 Å². The molecule has 0 amide bonds. The van der Waals surface area contributed by atoms with Crippen molar-refractivity contribution in [2.45, 2.75) is 44.5 Å². The number of hydrogen-bond acceptors (Lipinski definition) is 5. The highest BCUT2D eigenvalue weighted by molar-refractivity contribution is 5.85. The third-order valence-corrected chi connectivity index (χ3v) is 5.61. The molecule has 2 atom stereocenters. The Labute approximate surface area is 162 Å². The first-order valence-corrected chi connectivity index (χ1v) is 9.59. The first-order valence-electron chi connectivity index (χ1n) is 9.59. The largest absolute Gasteiger partial charge is 0.461 e. The number of fused-ring (bicyclic) bond motifs is 8. The van der Waals surface area contributed by atoms with Crippen LogP contribution in [-0.4, -0.2) is 5.79 Å². The highest BCUT2D eigenvalue weighted by Crippen LogP contribution is 2.50. The average molecular weight is 373 g/mol. The first-order chi connectivity index (χ1) is 13.6. The fourth-order valence-electron chi connectivity index (χ4n) is 4.27. The van der Waals surface area contributed by atoms with Gasteiger partial charge in [0.2, 0.25) is 5.79 Å². The Balaban J connectivity index is 1.79. The third kappa shape index (κ3) is 2.45. The van der Waals surface area contributed by atoms with Crippen molar-refractivity contribution in [2.24, 2.45) is 0 Å².